The van der Waals surface area contributed by atoms with Gasteiger partial charge in [-0.25, -0.2) is 0 Å². The van der Waals surface area contributed by atoms with Crippen LogP contribution in [0.2, 0.25) is 0 Å². The average molecular weight is 494 g/mol. The van der Waals surface area contributed by atoms with E-state index < -0.39 is 0 Å². The van der Waals surface area contributed by atoms with Crippen molar-refractivity contribution >= 4 is 40.6 Å². The topological polar surface area (TPSA) is 68.2 Å². The smallest absolute Gasteiger partial charge is 0.254 e. The monoisotopic (exact) mass is 494 g/mol. The first-order valence-electron chi connectivity index (χ1n) is 9.36. The van der Waals surface area contributed by atoms with E-state index in [0.717, 1.165) is 20.6 Å². The van der Waals surface area contributed by atoms with E-state index in [1.807, 2.05) is 26.8 Å². The van der Waals surface area contributed by atoms with E-state index in [1.54, 1.807) is 13.2 Å². The minimum Gasteiger partial charge on any atom is -0.493 e. The van der Waals surface area contributed by atoms with E-state index in [-0.39, 0.29) is 41.1 Å². The fourth-order valence-electron chi connectivity index (χ4n) is 4.34. The predicted octanol–water partition coefficient (Wildman–Crippen LogP) is 3.62. The molecule has 2 bridgehead atoms. The second kappa shape index (κ2) is 6.86. The molecule has 1 saturated heterocycles. The van der Waals surface area contributed by atoms with Crippen LogP contribution in [-0.4, -0.2) is 35.7 Å². The van der Waals surface area contributed by atoms with Crippen LogP contribution < -0.4 is 9.47 Å². The van der Waals surface area contributed by atoms with E-state index in [0.29, 0.717) is 11.5 Å². The lowest BCUT2D eigenvalue weighted by atomic mass is 9.85. The highest BCUT2D eigenvalue weighted by molar-refractivity contribution is 14.1. The Morgan fingerprint density at radius 1 is 1.14 bits per heavy atom. The lowest BCUT2D eigenvalue weighted by Crippen LogP contribution is -2.28. The Morgan fingerprint density at radius 2 is 1.75 bits per heavy atom. The van der Waals surface area contributed by atoms with Gasteiger partial charge in [-0.2, -0.15) is 10.1 Å². The summed E-state index contributed by atoms with van der Waals surface area (Å²) in [5.41, 5.74) is 0.379. The largest absolute Gasteiger partial charge is 0.493 e. The van der Waals surface area contributed by atoms with Gasteiger partial charge in [0, 0.05) is 0 Å². The highest BCUT2D eigenvalue weighted by atomic mass is 127. The van der Waals surface area contributed by atoms with Crippen LogP contribution in [0.15, 0.2) is 29.4 Å². The van der Waals surface area contributed by atoms with Crippen LogP contribution in [0.3, 0.4) is 0 Å². The molecule has 7 heteroatoms. The molecule has 1 saturated carbocycles. The van der Waals surface area contributed by atoms with Gasteiger partial charge in [-0.05, 0) is 79.3 Å². The zero-order valence-electron chi connectivity index (χ0n) is 16.3. The maximum Gasteiger partial charge on any atom is 0.254 e. The zero-order valence-corrected chi connectivity index (χ0v) is 18.5. The second-order valence-electron chi connectivity index (χ2n) is 8.48. The number of fused-ring (bicyclic) bond motifs is 5. The maximum atomic E-state index is 12.7. The highest BCUT2D eigenvalue weighted by Crippen LogP contribution is 2.52. The molecular formula is C21H23IN2O4. The number of nitrogens with zero attached hydrogens (tertiary/aromatic N) is 2. The Balaban J connectivity index is 1.58. The van der Waals surface area contributed by atoms with Crippen LogP contribution in [-0.2, 0) is 9.59 Å². The molecule has 6 nitrogen and oxygen atoms in total. The van der Waals surface area contributed by atoms with Gasteiger partial charge in [-0.15, -0.1) is 0 Å². The summed E-state index contributed by atoms with van der Waals surface area (Å²) in [6.07, 6.45) is 6.60. The van der Waals surface area contributed by atoms with Gasteiger partial charge in [-0.1, -0.05) is 12.2 Å². The zero-order chi connectivity index (χ0) is 20.2. The molecule has 2 amide bonds. The number of hydrogen-bond donors (Lipinski definition) is 0. The van der Waals surface area contributed by atoms with E-state index >= 15 is 0 Å². The van der Waals surface area contributed by atoms with Crippen LogP contribution in [0.4, 0.5) is 0 Å². The highest BCUT2D eigenvalue weighted by Gasteiger charge is 2.59. The van der Waals surface area contributed by atoms with Gasteiger partial charge < -0.3 is 9.47 Å². The predicted molar refractivity (Wildman–Crippen MR) is 113 cm³/mol. The molecule has 1 aromatic carbocycles. The lowest BCUT2D eigenvalue weighted by Gasteiger charge is -2.24. The molecule has 0 aromatic heterocycles. The van der Waals surface area contributed by atoms with Crippen molar-refractivity contribution < 1.29 is 19.1 Å². The molecule has 4 unspecified atom stereocenters. The molecular weight excluding hydrogens is 471 g/mol. The van der Waals surface area contributed by atoms with Crippen molar-refractivity contribution in [3.8, 4) is 11.5 Å². The third-order valence-electron chi connectivity index (χ3n) is 5.43. The number of imide groups is 1. The van der Waals surface area contributed by atoms with Gasteiger partial charge in [0.15, 0.2) is 11.5 Å². The van der Waals surface area contributed by atoms with Crippen molar-refractivity contribution in [3.05, 3.63) is 33.4 Å². The Labute approximate surface area is 178 Å². The van der Waals surface area contributed by atoms with Crippen molar-refractivity contribution in [2.45, 2.75) is 32.8 Å². The average Bonchev–Trinajstić information content (AvgIpc) is 3.29. The summed E-state index contributed by atoms with van der Waals surface area (Å²) < 4.78 is 12.3. The minimum absolute atomic E-state index is 0.182. The number of ether oxygens (including phenoxy) is 2. The molecule has 0 radical (unpaired) electrons. The van der Waals surface area contributed by atoms with Gasteiger partial charge in [0.05, 0.1) is 28.7 Å². The van der Waals surface area contributed by atoms with Crippen molar-refractivity contribution in [2.24, 2.45) is 28.8 Å². The van der Waals surface area contributed by atoms with E-state index in [4.69, 9.17) is 9.47 Å². The summed E-state index contributed by atoms with van der Waals surface area (Å²) in [4.78, 5) is 25.4. The van der Waals surface area contributed by atoms with Crippen molar-refractivity contribution in [1.82, 2.24) is 5.01 Å². The van der Waals surface area contributed by atoms with E-state index in [1.165, 1.54) is 6.21 Å². The number of hydrazone groups is 1. The molecule has 148 valence electrons. The number of halogens is 1. The summed E-state index contributed by atoms with van der Waals surface area (Å²) in [6.45, 7) is 5.92. The maximum absolute atomic E-state index is 12.7. The molecule has 0 spiro atoms. The molecule has 1 aliphatic heterocycles. The molecule has 4 rings (SSSR count). The number of carbonyl (C=O) groups excluding carboxylic acids is 2. The fourth-order valence-corrected chi connectivity index (χ4v) is 5.08. The van der Waals surface area contributed by atoms with Crippen LogP contribution >= 0.6 is 22.6 Å². The number of carbonyl (C=O) groups is 2. The third-order valence-corrected chi connectivity index (χ3v) is 6.23. The molecule has 0 N–H and O–H groups in total. The van der Waals surface area contributed by atoms with E-state index in [2.05, 4.69) is 39.8 Å². The Kier molecular flexibility index (Phi) is 4.76. The standard InChI is InChI=1S/C21H23IN2O4/c1-21(2,3)28-18-14(22)7-11(8-15(18)27-4)10-23-24-19(25)16-12-5-6-13(9-12)17(16)20(24)26/h5-8,10,12-13,16-17H,9H2,1-4H3. The molecule has 2 fully saturated rings. The fraction of sp³-hybridized carbons (Fsp3) is 0.476. The molecule has 1 heterocycles. The first-order chi connectivity index (χ1) is 13.2. The molecule has 2 aliphatic carbocycles. The molecule has 4 atom stereocenters. The number of allylic oxidation sites excluding steroid dienone is 2. The van der Waals surface area contributed by atoms with Crippen molar-refractivity contribution in [3.63, 3.8) is 0 Å². The molecule has 3 aliphatic rings. The first-order valence-corrected chi connectivity index (χ1v) is 10.4. The quantitative estimate of drug-likeness (QED) is 0.278. The number of rotatable bonds is 4. The third kappa shape index (κ3) is 3.23. The van der Waals surface area contributed by atoms with Gasteiger partial charge in [0.1, 0.15) is 5.60 Å². The number of hydrogen-bond acceptors (Lipinski definition) is 5. The number of amides is 2. The summed E-state index contributed by atoms with van der Waals surface area (Å²) in [5, 5.41) is 5.29. The van der Waals surface area contributed by atoms with Crippen molar-refractivity contribution in [2.75, 3.05) is 7.11 Å². The Morgan fingerprint density at radius 3 is 2.29 bits per heavy atom. The normalized spacial score (nSPS) is 28.5. The minimum atomic E-state index is -0.359. The van der Waals surface area contributed by atoms with Gasteiger partial charge in [0.25, 0.3) is 11.8 Å². The van der Waals surface area contributed by atoms with E-state index in [9.17, 15) is 9.59 Å². The Bertz CT molecular complexity index is 872. The summed E-state index contributed by atoms with van der Waals surface area (Å²) >= 11 is 2.18. The SMILES string of the molecule is COc1cc(C=NN2C(=O)C3C4C=CC(C4)C3C2=O)cc(I)c1OC(C)(C)C. The van der Waals surface area contributed by atoms with Gasteiger partial charge in [-0.3, -0.25) is 9.59 Å². The summed E-state index contributed by atoms with van der Waals surface area (Å²) in [7, 11) is 1.58. The summed E-state index contributed by atoms with van der Waals surface area (Å²) in [5.74, 6) is 0.770. The number of methoxy groups -OCH3 is 1. The first kappa shape index (κ1) is 19.4. The van der Waals surface area contributed by atoms with Gasteiger partial charge >= 0.3 is 0 Å². The summed E-state index contributed by atoms with van der Waals surface area (Å²) in [6, 6.07) is 3.69. The van der Waals surface area contributed by atoms with Crippen molar-refractivity contribution in [1.29, 1.82) is 0 Å². The second-order valence-corrected chi connectivity index (χ2v) is 9.64. The van der Waals surface area contributed by atoms with Crippen LogP contribution in [0.25, 0.3) is 0 Å². The van der Waals surface area contributed by atoms with Crippen LogP contribution in [0.1, 0.15) is 32.8 Å². The number of benzene rings is 1. The molecule has 28 heavy (non-hydrogen) atoms. The Hall–Kier alpha value is -1.90. The lowest BCUT2D eigenvalue weighted by molar-refractivity contribution is -0.140. The van der Waals surface area contributed by atoms with Crippen LogP contribution in [0, 0.1) is 27.2 Å². The van der Waals surface area contributed by atoms with Gasteiger partial charge in [0.2, 0.25) is 0 Å². The molecule has 1 aromatic rings. The van der Waals surface area contributed by atoms with Crippen LogP contribution in [0.5, 0.6) is 11.5 Å².